The largest absolute Gasteiger partial charge is 0.340 e. The molecule has 1 aliphatic rings. The molecule has 4 rings (SSSR count). The number of rotatable bonds is 2. The van der Waals surface area contributed by atoms with E-state index in [1.807, 2.05) is 17.9 Å². The van der Waals surface area contributed by atoms with E-state index in [9.17, 15) is 4.79 Å². The monoisotopic (exact) mass is 310 g/mol. The SMILES string of the molecule is Cc1nc2nccc(C(=O)N3CCCCC3c3ccn[nH]3)c2[nH]1. The predicted octanol–water partition coefficient (Wildman–Crippen LogP) is 2.36. The first-order valence-corrected chi connectivity index (χ1v) is 7.85. The minimum absolute atomic E-state index is 0.0142. The molecule has 3 aromatic heterocycles. The summed E-state index contributed by atoms with van der Waals surface area (Å²) < 4.78 is 0. The van der Waals surface area contributed by atoms with E-state index in [1.165, 1.54) is 0 Å². The summed E-state index contributed by atoms with van der Waals surface area (Å²) in [6.07, 6.45) is 6.46. The molecule has 0 aliphatic carbocycles. The molecule has 1 saturated heterocycles. The molecule has 0 radical (unpaired) electrons. The summed E-state index contributed by atoms with van der Waals surface area (Å²) in [6, 6.07) is 3.76. The number of imidazole rings is 1. The minimum Gasteiger partial charge on any atom is -0.340 e. The number of amides is 1. The molecule has 1 amide bonds. The van der Waals surface area contributed by atoms with Crippen molar-refractivity contribution in [1.82, 2.24) is 30.0 Å². The van der Waals surface area contributed by atoms with Gasteiger partial charge in [0.15, 0.2) is 5.65 Å². The van der Waals surface area contributed by atoms with Crippen LogP contribution in [0.15, 0.2) is 24.5 Å². The van der Waals surface area contributed by atoms with E-state index < -0.39 is 0 Å². The van der Waals surface area contributed by atoms with E-state index in [0.29, 0.717) is 16.7 Å². The van der Waals surface area contributed by atoms with E-state index in [4.69, 9.17) is 0 Å². The molecular weight excluding hydrogens is 292 g/mol. The number of hydrogen-bond acceptors (Lipinski definition) is 4. The first-order valence-electron chi connectivity index (χ1n) is 7.85. The number of piperidine rings is 1. The number of carbonyl (C=O) groups is 1. The summed E-state index contributed by atoms with van der Waals surface area (Å²) in [7, 11) is 0. The number of aromatic nitrogens is 5. The molecule has 1 fully saturated rings. The second kappa shape index (κ2) is 5.49. The Kier molecular flexibility index (Phi) is 3.33. The Morgan fingerprint density at radius 2 is 2.22 bits per heavy atom. The van der Waals surface area contributed by atoms with Crippen molar-refractivity contribution in [1.29, 1.82) is 0 Å². The lowest BCUT2D eigenvalue weighted by atomic mass is 9.98. The number of aryl methyl sites for hydroxylation is 1. The van der Waals surface area contributed by atoms with Gasteiger partial charge in [0, 0.05) is 18.9 Å². The van der Waals surface area contributed by atoms with Crippen molar-refractivity contribution in [2.75, 3.05) is 6.54 Å². The number of likely N-dealkylation sites (tertiary alicyclic amines) is 1. The van der Waals surface area contributed by atoms with Gasteiger partial charge in [0.25, 0.3) is 5.91 Å². The molecule has 3 aromatic rings. The second-order valence-corrected chi connectivity index (χ2v) is 5.90. The van der Waals surface area contributed by atoms with E-state index in [1.54, 1.807) is 18.5 Å². The first kappa shape index (κ1) is 13.9. The van der Waals surface area contributed by atoms with Gasteiger partial charge in [-0.3, -0.25) is 9.89 Å². The topological polar surface area (TPSA) is 90.6 Å². The maximum Gasteiger partial charge on any atom is 0.256 e. The summed E-state index contributed by atoms with van der Waals surface area (Å²) in [4.78, 5) is 26.8. The van der Waals surface area contributed by atoms with Crippen LogP contribution in [-0.4, -0.2) is 42.5 Å². The van der Waals surface area contributed by atoms with Gasteiger partial charge < -0.3 is 9.88 Å². The van der Waals surface area contributed by atoms with Gasteiger partial charge in [-0.15, -0.1) is 0 Å². The van der Waals surface area contributed by atoms with Gasteiger partial charge in [-0.05, 0) is 38.3 Å². The summed E-state index contributed by atoms with van der Waals surface area (Å²) in [5.41, 5.74) is 2.92. The smallest absolute Gasteiger partial charge is 0.256 e. The van der Waals surface area contributed by atoms with Crippen LogP contribution >= 0.6 is 0 Å². The highest BCUT2D eigenvalue weighted by Crippen LogP contribution is 2.31. The number of hydrogen-bond donors (Lipinski definition) is 2. The third kappa shape index (κ3) is 2.38. The lowest BCUT2D eigenvalue weighted by Crippen LogP contribution is -2.38. The second-order valence-electron chi connectivity index (χ2n) is 5.90. The fourth-order valence-corrected chi connectivity index (χ4v) is 3.31. The maximum absolute atomic E-state index is 13.1. The highest BCUT2D eigenvalue weighted by molar-refractivity contribution is 6.04. The van der Waals surface area contributed by atoms with Gasteiger partial charge in [0.1, 0.15) is 5.82 Å². The number of H-pyrrole nitrogens is 2. The van der Waals surface area contributed by atoms with Crippen molar-refractivity contribution in [3.63, 3.8) is 0 Å². The van der Waals surface area contributed by atoms with E-state index in [-0.39, 0.29) is 11.9 Å². The van der Waals surface area contributed by atoms with Crippen LogP contribution in [0.3, 0.4) is 0 Å². The van der Waals surface area contributed by atoms with Gasteiger partial charge >= 0.3 is 0 Å². The molecule has 0 bridgehead atoms. The van der Waals surface area contributed by atoms with Crippen LogP contribution in [0.4, 0.5) is 0 Å². The molecule has 4 heterocycles. The summed E-state index contributed by atoms with van der Waals surface area (Å²) in [6.45, 7) is 2.61. The van der Waals surface area contributed by atoms with Crippen molar-refractivity contribution >= 4 is 17.1 Å². The zero-order chi connectivity index (χ0) is 15.8. The normalized spacial score (nSPS) is 18.5. The molecule has 1 unspecified atom stereocenters. The van der Waals surface area contributed by atoms with Gasteiger partial charge in [-0.2, -0.15) is 5.10 Å². The fraction of sp³-hybridized carbons (Fsp3) is 0.375. The van der Waals surface area contributed by atoms with Crippen molar-refractivity contribution in [2.24, 2.45) is 0 Å². The van der Waals surface area contributed by atoms with Crippen molar-refractivity contribution in [3.8, 4) is 0 Å². The number of nitrogens with one attached hydrogen (secondary N) is 2. The predicted molar refractivity (Wildman–Crippen MR) is 84.8 cm³/mol. The molecule has 7 heteroatoms. The molecular formula is C16H18N6O. The standard InChI is InChI=1S/C16H18N6O/c1-10-19-14-11(5-7-17-15(14)20-10)16(23)22-9-3-2-4-13(22)12-6-8-18-21-12/h5-8,13H,2-4,9H2,1H3,(H,18,21)(H,17,19,20). The highest BCUT2D eigenvalue weighted by atomic mass is 16.2. The number of fused-ring (bicyclic) bond motifs is 1. The Morgan fingerprint density at radius 1 is 1.30 bits per heavy atom. The Balaban J connectivity index is 1.74. The lowest BCUT2D eigenvalue weighted by molar-refractivity contribution is 0.0608. The average molecular weight is 310 g/mol. The third-order valence-corrected chi connectivity index (χ3v) is 4.39. The van der Waals surface area contributed by atoms with Crippen LogP contribution < -0.4 is 0 Å². The van der Waals surface area contributed by atoms with Crippen molar-refractivity contribution < 1.29 is 4.79 Å². The van der Waals surface area contributed by atoms with E-state index in [0.717, 1.165) is 37.3 Å². The molecule has 7 nitrogen and oxygen atoms in total. The van der Waals surface area contributed by atoms with E-state index in [2.05, 4.69) is 25.1 Å². The van der Waals surface area contributed by atoms with Crippen LogP contribution in [0.5, 0.6) is 0 Å². The molecule has 0 saturated carbocycles. The zero-order valence-electron chi connectivity index (χ0n) is 12.9. The fourth-order valence-electron chi connectivity index (χ4n) is 3.31. The average Bonchev–Trinajstić information content (AvgIpc) is 3.22. The molecule has 1 aliphatic heterocycles. The molecule has 1 atom stereocenters. The van der Waals surface area contributed by atoms with Crippen LogP contribution in [0.1, 0.15) is 47.2 Å². The lowest BCUT2D eigenvalue weighted by Gasteiger charge is -2.35. The van der Waals surface area contributed by atoms with E-state index >= 15 is 0 Å². The van der Waals surface area contributed by atoms with Gasteiger partial charge in [0.05, 0.1) is 22.8 Å². The summed E-state index contributed by atoms with van der Waals surface area (Å²) in [5, 5.41) is 7.04. The van der Waals surface area contributed by atoms with Crippen molar-refractivity contribution in [3.05, 3.63) is 41.6 Å². The summed E-state index contributed by atoms with van der Waals surface area (Å²) in [5.74, 6) is 0.775. The Morgan fingerprint density at radius 3 is 3.04 bits per heavy atom. The van der Waals surface area contributed by atoms with Crippen LogP contribution in [-0.2, 0) is 0 Å². The minimum atomic E-state index is 0.0142. The van der Waals surface area contributed by atoms with Gasteiger partial charge in [-0.1, -0.05) is 0 Å². The highest BCUT2D eigenvalue weighted by Gasteiger charge is 2.30. The maximum atomic E-state index is 13.1. The van der Waals surface area contributed by atoms with Crippen LogP contribution in [0.2, 0.25) is 0 Å². The number of carbonyl (C=O) groups excluding carboxylic acids is 1. The first-order chi connectivity index (χ1) is 11.2. The molecule has 2 N–H and O–H groups in total. The molecule has 23 heavy (non-hydrogen) atoms. The molecule has 118 valence electrons. The Bertz CT molecular complexity index is 838. The van der Waals surface area contributed by atoms with Crippen LogP contribution in [0.25, 0.3) is 11.2 Å². The Labute approximate surface area is 133 Å². The number of pyridine rings is 1. The van der Waals surface area contributed by atoms with Crippen LogP contribution in [0, 0.1) is 6.92 Å². The summed E-state index contributed by atoms with van der Waals surface area (Å²) >= 11 is 0. The Hall–Kier alpha value is -2.70. The third-order valence-electron chi connectivity index (χ3n) is 4.39. The number of nitrogens with zero attached hydrogens (tertiary/aromatic N) is 4. The van der Waals surface area contributed by atoms with Gasteiger partial charge in [0.2, 0.25) is 0 Å². The quantitative estimate of drug-likeness (QED) is 0.760. The molecule has 0 aromatic carbocycles. The molecule has 0 spiro atoms. The van der Waals surface area contributed by atoms with Gasteiger partial charge in [-0.25, -0.2) is 9.97 Å². The zero-order valence-corrected chi connectivity index (χ0v) is 12.9. The number of aromatic amines is 2. The van der Waals surface area contributed by atoms with Crippen molar-refractivity contribution in [2.45, 2.75) is 32.2 Å².